The Morgan fingerprint density at radius 2 is 1.96 bits per heavy atom. The number of nitrogens with one attached hydrogen (secondary N) is 1. The zero-order chi connectivity index (χ0) is 17.4. The number of amides is 1. The van der Waals surface area contributed by atoms with Crippen molar-refractivity contribution in [2.45, 2.75) is 13.1 Å². The summed E-state index contributed by atoms with van der Waals surface area (Å²) in [6.07, 6.45) is -3.75. The van der Waals surface area contributed by atoms with Gasteiger partial charge in [0.2, 0.25) is 15.9 Å². The average molecular weight is 348 g/mol. The molecule has 1 heterocycles. The molecule has 1 aromatic heterocycles. The van der Waals surface area contributed by atoms with E-state index in [1.165, 1.54) is 19.1 Å². The fourth-order valence-corrected chi connectivity index (χ4v) is 2.21. The standard InChI is InChI=1S/C13H11F3N2O4S/c1-7-10(11(19)18-23(2,20)21)17-12(22-7)8-4-3-5-9(6-8)13(14,15)16/h3-6H,1-2H3,(H,18,19). The van der Waals surface area contributed by atoms with Crippen molar-refractivity contribution in [2.75, 3.05) is 6.26 Å². The number of hydrogen-bond donors (Lipinski definition) is 1. The van der Waals surface area contributed by atoms with Gasteiger partial charge in [0.1, 0.15) is 5.76 Å². The zero-order valence-electron chi connectivity index (χ0n) is 11.9. The largest absolute Gasteiger partial charge is 0.441 e. The first-order valence-electron chi connectivity index (χ1n) is 6.14. The summed E-state index contributed by atoms with van der Waals surface area (Å²) >= 11 is 0. The van der Waals surface area contributed by atoms with Gasteiger partial charge in [0.15, 0.2) is 5.69 Å². The Balaban J connectivity index is 2.40. The van der Waals surface area contributed by atoms with E-state index in [4.69, 9.17) is 4.42 Å². The molecule has 2 rings (SSSR count). The summed E-state index contributed by atoms with van der Waals surface area (Å²) in [6.45, 7) is 1.35. The van der Waals surface area contributed by atoms with Crippen molar-refractivity contribution in [3.05, 3.63) is 41.3 Å². The Hall–Kier alpha value is -2.36. The lowest BCUT2D eigenvalue weighted by molar-refractivity contribution is -0.137. The minimum Gasteiger partial charge on any atom is -0.441 e. The molecule has 0 spiro atoms. The second-order valence-corrected chi connectivity index (χ2v) is 6.45. The number of oxazole rings is 1. The molecule has 0 aliphatic carbocycles. The van der Waals surface area contributed by atoms with Crippen LogP contribution in [-0.2, 0) is 16.2 Å². The predicted octanol–water partition coefficient (Wildman–Crippen LogP) is 2.36. The highest BCUT2D eigenvalue weighted by atomic mass is 32.2. The molecule has 124 valence electrons. The first kappa shape index (κ1) is 17.0. The summed E-state index contributed by atoms with van der Waals surface area (Å²) in [7, 11) is -3.80. The van der Waals surface area contributed by atoms with Crippen LogP contribution < -0.4 is 4.72 Å². The molecular weight excluding hydrogens is 337 g/mol. The number of sulfonamides is 1. The molecule has 0 saturated carbocycles. The molecule has 0 bridgehead atoms. The van der Waals surface area contributed by atoms with Crippen molar-refractivity contribution in [1.82, 2.24) is 9.71 Å². The summed E-state index contributed by atoms with van der Waals surface area (Å²) in [4.78, 5) is 15.5. The van der Waals surface area contributed by atoms with Crippen LogP contribution in [0.5, 0.6) is 0 Å². The number of carbonyl (C=O) groups excluding carboxylic acids is 1. The number of hydrogen-bond acceptors (Lipinski definition) is 5. The van der Waals surface area contributed by atoms with Crippen molar-refractivity contribution in [2.24, 2.45) is 0 Å². The third-order valence-electron chi connectivity index (χ3n) is 2.73. The molecule has 0 aliphatic heterocycles. The Kier molecular flexibility index (Phi) is 4.20. The van der Waals surface area contributed by atoms with Gasteiger partial charge in [-0.05, 0) is 25.1 Å². The minimum absolute atomic E-state index is 0.0151. The van der Waals surface area contributed by atoms with E-state index < -0.39 is 27.7 Å². The third kappa shape index (κ3) is 4.09. The molecular formula is C13H11F3N2O4S. The number of nitrogens with zero attached hydrogens (tertiary/aromatic N) is 1. The van der Waals surface area contributed by atoms with E-state index in [2.05, 4.69) is 4.98 Å². The zero-order valence-corrected chi connectivity index (χ0v) is 12.7. The van der Waals surface area contributed by atoms with Crippen molar-refractivity contribution in [3.63, 3.8) is 0 Å². The smallest absolute Gasteiger partial charge is 0.416 e. The quantitative estimate of drug-likeness (QED) is 0.920. The summed E-state index contributed by atoms with van der Waals surface area (Å²) in [5.74, 6) is -1.25. The molecule has 10 heteroatoms. The number of alkyl halides is 3. The molecule has 2 aromatic rings. The van der Waals surface area contributed by atoms with Crippen LogP contribution in [0.25, 0.3) is 11.5 Å². The fourth-order valence-electron chi connectivity index (χ4n) is 1.78. The van der Waals surface area contributed by atoms with Gasteiger partial charge in [-0.25, -0.2) is 18.1 Å². The van der Waals surface area contributed by atoms with Crippen LogP contribution in [0.4, 0.5) is 13.2 Å². The predicted molar refractivity (Wildman–Crippen MR) is 74.0 cm³/mol. The topological polar surface area (TPSA) is 89.3 Å². The number of carbonyl (C=O) groups is 1. The van der Waals surface area contributed by atoms with Crippen LogP contribution >= 0.6 is 0 Å². The number of rotatable bonds is 3. The van der Waals surface area contributed by atoms with E-state index in [-0.39, 0.29) is 22.9 Å². The first-order chi connectivity index (χ1) is 10.5. The lowest BCUT2D eigenvalue weighted by Crippen LogP contribution is -2.30. The highest BCUT2D eigenvalue weighted by molar-refractivity contribution is 7.89. The Morgan fingerprint density at radius 3 is 2.52 bits per heavy atom. The van der Waals surface area contributed by atoms with E-state index in [0.717, 1.165) is 18.4 Å². The summed E-state index contributed by atoms with van der Waals surface area (Å²) in [5, 5.41) is 0. The second kappa shape index (κ2) is 5.69. The molecule has 0 unspecified atom stereocenters. The third-order valence-corrected chi connectivity index (χ3v) is 3.28. The molecule has 6 nitrogen and oxygen atoms in total. The molecule has 0 atom stereocenters. The normalized spacial score (nSPS) is 12.2. The van der Waals surface area contributed by atoms with Crippen LogP contribution in [0.1, 0.15) is 21.8 Å². The highest BCUT2D eigenvalue weighted by Gasteiger charge is 2.31. The highest BCUT2D eigenvalue weighted by Crippen LogP contribution is 2.32. The van der Waals surface area contributed by atoms with Crippen LogP contribution in [0.2, 0.25) is 0 Å². The van der Waals surface area contributed by atoms with E-state index in [1.54, 1.807) is 4.72 Å². The van der Waals surface area contributed by atoms with Gasteiger partial charge >= 0.3 is 6.18 Å². The maximum atomic E-state index is 12.7. The van der Waals surface area contributed by atoms with E-state index in [1.807, 2.05) is 0 Å². The number of halogens is 3. The van der Waals surface area contributed by atoms with Crippen molar-refractivity contribution < 1.29 is 30.8 Å². The van der Waals surface area contributed by atoms with E-state index in [0.29, 0.717) is 0 Å². The first-order valence-corrected chi connectivity index (χ1v) is 8.04. The minimum atomic E-state index is -4.53. The van der Waals surface area contributed by atoms with Gasteiger partial charge in [0.25, 0.3) is 5.91 Å². The van der Waals surface area contributed by atoms with Crippen molar-refractivity contribution >= 4 is 15.9 Å². The fraction of sp³-hybridized carbons (Fsp3) is 0.231. The Bertz CT molecular complexity index is 856. The molecule has 23 heavy (non-hydrogen) atoms. The van der Waals surface area contributed by atoms with Gasteiger partial charge in [0, 0.05) is 5.56 Å². The summed E-state index contributed by atoms with van der Waals surface area (Å²) in [5.41, 5.74) is -1.20. The molecule has 1 amide bonds. The Morgan fingerprint density at radius 1 is 1.30 bits per heavy atom. The molecule has 1 aromatic carbocycles. The maximum Gasteiger partial charge on any atom is 0.416 e. The number of aryl methyl sites for hydroxylation is 1. The summed E-state index contributed by atoms with van der Waals surface area (Å²) in [6, 6.07) is 4.22. The molecule has 0 aliphatic rings. The SMILES string of the molecule is Cc1oc(-c2cccc(C(F)(F)F)c2)nc1C(=O)NS(C)(=O)=O. The van der Waals surface area contributed by atoms with Crippen LogP contribution in [0.3, 0.4) is 0 Å². The van der Waals surface area contributed by atoms with Crippen LogP contribution in [-0.4, -0.2) is 25.6 Å². The Labute approximate surface area is 129 Å². The molecule has 0 fully saturated rings. The van der Waals surface area contributed by atoms with E-state index >= 15 is 0 Å². The van der Waals surface area contributed by atoms with Crippen molar-refractivity contribution in [3.8, 4) is 11.5 Å². The van der Waals surface area contributed by atoms with Crippen molar-refractivity contribution in [1.29, 1.82) is 0 Å². The molecule has 0 saturated heterocycles. The van der Waals surface area contributed by atoms with E-state index in [9.17, 15) is 26.4 Å². The molecule has 1 N–H and O–H groups in total. The lowest BCUT2D eigenvalue weighted by Gasteiger charge is -2.06. The van der Waals surface area contributed by atoms with Gasteiger partial charge in [-0.15, -0.1) is 0 Å². The second-order valence-electron chi connectivity index (χ2n) is 4.71. The van der Waals surface area contributed by atoms with Gasteiger partial charge < -0.3 is 4.42 Å². The average Bonchev–Trinajstić information content (AvgIpc) is 2.78. The van der Waals surface area contributed by atoms with Gasteiger partial charge in [-0.3, -0.25) is 4.79 Å². The lowest BCUT2D eigenvalue weighted by atomic mass is 10.1. The number of benzene rings is 1. The monoisotopic (exact) mass is 348 g/mol. The van der Waals surface area contributed by atoms with Gasteiger partial charge in [-0.2, -0.15) is 13.2 Å². The van der Waals surface area contributed by atoms with Crippen LogP contribution in [0, 0.1) is 6.92 Å². The summed E-state index contributed by atoms with van der Waals surface area (Å²) < 4.78 is 67.1. The number of aromatic nitrogens is 1. The van der Waals surface area contributed by atoms with Gasteiger partial charge in [0.05, 0.1) is 11.8 Å². The molecule has 0 radical (unpaired) electrons. The van der Waals surface area contributed by atoms with Crippen LogP contribution in [0.15, 0.2) is 28.7 Å². The van der Waals surface area contributed by atoms with Gasteiger partial charge in [-0.1, -0.05) is 6.07 Å². The maximum absolute atomic E-state index is 12.7.